The van der Waals surface area contributed by atoms with E-state index in [0.29, 0.717) is 5.56 Å². The number of hydrogen-bond acceptors (Lipinski definition) is 4. The molecule has 0 radical (unpaired) electrons. The number of fused-ring (bicyclic) bond motifs is 1. The zero-order valence-corrected chi connectivity index (χ0v) is 14.6. The summed E-state index contributed by atoms with van der Waals surface area (Å²) in [6, 6.07) is 11.1. The summed E-state index contributed by atoms with van der Waals surface area (Å²) < 4.78 is 14.6. The summed E-state index contributed by atoms with van der Waals surface area (Å²) in [4.78, 5) is 12.1. The number of pyridine rings is 1. The fourth-order valence-electron chi connectivity index (χ4n) is 3.90. The molecule has 0 aliphatic carbocycles. The van der Waals surface area contributed by atoms with E-state index in [1.807, 2.05) is 30.6 Å². The van der Waals surface area contributed by atoms with Crippen molar-refractivity contribution < 1.29 is 4.39 Å². The minimum atomic E-state index is -0.490. The summed E-state index contributed by atoms with van der Waals surface area (Å²) in [5.41, 5.74) is 6.77. The number of nitrogens with one attached hydrogen (secondary N) is 2. The standard InChI is InChI=1S/C21H18FN5/c22-20-15(8-5-10-23-20)19-16-12-24-21-18(16)14(7-3-4-11-25-27-21)13-6-1-2-9-17(13)26-19/h1-2,5-6,8-12,19,24,27H,3-4,7H2. The highest BCUT2D eigenvalue weighted by atomic mass is 19.1. The third-order valence-corrected chi connectivity index (χ3v) is 5.11. The van der Waals surface area contributed by atoms with Crippen LogP contribution < -0.4 is 16.0 Å². The number of halogens is 1. The number of para-hydroxylation sites is 1. The number of hydrazone groups is 1. The first-order valence-electron chi connectivity index (χ1n) is 9.08. The lowest BCUT2D eigenvalue weighted by Crippen LogP contribution is -2.27. The van der Waals surface area contributed by atoms with Crippen LogP contribution in [-0.4, -0.2) is 16.2 Å². The van der Waals surface area contributed by atoms with Gasteiger partial charge in [-0.2, -0.15) is 9.49 Å². The summed E-state index contributed by atoms with van der Waals surface area (Å²) in [5, 5.41) is 6.27. The van der Waals surface area contributed by atoms with Crippen molar-refractivity contribution in [3.8, 4) is 0 Å². The average Bonchev–Trinajstić information content (AvgIpc) is 3.07. The number of benzene rings is 1. The second-order valence-electron chi connectivity index (χ2n) is 6.72. The molecule has 4 heterocycles. The smallest absolute Gasteiger partial charge is 0.218 e. The molecule has 5 rings (SSSR count). The van der Waals surface area contributed by atoms with Crippen LogP contribution >= 0.6 is 0 Å². The van der Waals surface area contributed by atoms with Gasteiger partial charge in [-0.3, -0.25) is 10.4 Å². The van der Waals surface area contributed by atoms with Gasteiger partial charge in [0.1, 0.15) is 11.9 Å². The van der Waals surface area contributed by atoms with E-state index in [2.05, 4.69) is 26.6 Å². The number of rotatable bonds is 1. The monoisotopic (exact) mass is 359 g/mol. The zero-order valence-electron chi connectivity index (χ0n) is 14.6. The number of anilines is 1. The maximum absolute atomic E-state index is 14.6. The minimum Gasteiger partial charge on any atom is -0.346 e. The van der Waals surface area contributed by atoms with Crippen molar-refractivity contribution in [2.45, 2.75) is 25.3 Å². The highest BCUT2D eigenvalue weighted by Gasteiger charge is 2.28. The van der Waals surface area contributed by atoms with Crippen molar-refractivity contribution in [1.29, 1.82) is 0 Å². The Bertz CT molecular complexity index is 1160. The van der Waals surface area contributed by atoms with Crippen LogP contribution in [0.4, 0.5) is 10.2 Å². The molecule has 27 heavy (non-hydrogen) atoms. The zero-order chi connectivity index (χ0) is 18.2. The van der Waals surface area contributed by atoms with Crippen molar-refractivity contribution >= 4 is 17.6 Å². The molecular formula is C21H18FN5. The predicted octanol–water partition coefficient (Wildman–Crippen LogP) is 3.05. The summed E-state index contributed by atoms with van der Waals surface area (Å²) in [6.07, 6.45) is 8.05. The lowest BCUT2D eigenvalue weighted by Gasteiger charge is -2.14. The molecule has 6 heteroatoms. The van der Waals surface area contributed by atoms with Crippen molar-refractivity contribution in [2.24, 2.45) is 10.1 Å². The molecule has 5 nitrogen and oxygen atoms in total. The second-order valence-corrected chi connectivity index (χ2v) is 6.72. The van der Waals surface area contributed by atoms with Crippen molar-refractivity contribution in [3.63, 3.8) is 0 Å². The number of nitrogens with zero attached hydrogens (tertiary/aromatic N) is 3. The van der Waals surface area contributed by atoms with Crippen LogP contribution in [0.5, 0.6) is 0 Å². The van der Waals surface area contributed by atoms with Gasteiger partial charge in [-0.15, -0.1) is 0 Å². The molecule has 2 aliphatic rings. The molecule has 2 aliphatic heterocycles. The normalized spacial score (nSPS) is 18.1. The molecule has 0 bridgehead atoms. The lowest BCUT2D eigenvalue weighted by molar-refractivity contribution is 0.557. The third-order valence-electron chi connectivity index (χ3n) is 5.11. The van der Waals surface area contributed by atoms with Gasteiger partial charge in [0, 0.05) is 40.5 Å². The second kappa shape index (κ2) is 6.46. The van der Waals surface area contributed by atoms with Gasteiger partial charge >= 0.3 is 0 Å². The molecular weight excluding hydrogens is 341 g/mol. The Morgan fingerprint density at radius 3 is 2.93 bits per heavy atom. The number of aromatic amines is 1. The molecule has 0 amide bonds. The molecule has 1 unspecified atom stereocenters. The minimum absolute atomic E-state index is 0.469. The van der Waals surface area contributed by atoms with Crippen LogP contribution in [0, 0.1) is 5.95 Å². The van der Waals surface area contributed by atoms with Gasteiger partial charge in [0.05, 0.1) is 5.36 Å². The van der Waals surface area contributed by atoms with E-state index in [-0.39, 0.29) is 0 Å². The van der Waals surface area contributed by atoms with Crippen LogP contribution in [0.15, 0.2) is 58.9 Å². The van der Waals surface area contributed by atoms with E-state index in [4.69, 9.17) is 4.99 Å². The van der Waals surface area contributed by atoms with E-state index < -0.39 is 12.0 Å². The van der Waals surface area contributed by atoms with E-state index in [1.54, 1.807) is 12.1 Å². The van der Waals surface area contributed by atoms with Gasteiger partial charge in [-0.25, -0.2) is 4.98 Å². The summed E-state index contributed by atoms with van der Waals surface area (Å²) in [6.45, 7) is 0. The van der Waals surface area contributed by atoms with Gasteiger partial charge in [0.2, 0.25) is 5.95 Å². The topological polar surface area (TPSA) is 65.4 Å². The summed E-state index contributed by atoms with van der Waals surface area (Å²) in [7, 11) is 0. The van der Waals surface area contributed by atoms with Crippen molar-refractivity contribution in [1.82, 2.24) is 9.97 Å². The Kier molecular flexibility index (Phi) is 3.81. The summed E-state index contributed by atoms with van der Waals surface area (Å²) in [5.74, 6) is 0.329. The molecule has 2 aromatic heterocycles. The van der Waals surface area contributed by atoms with Crippen molar-refractivity contribution in [3.05, 3.63) is 82.0 Å². The number of hydrogen-bond donors (Lipinski definition) is 2. The van der Waals surface area contributed by atoms with Gasteiger partial charge in [0.25, 0.3) is 0 Å². The maximum atomic E-state index is 14.6. The molecule has 0 fully saturated rings. The fraction of sp³-hybridized carbons (Fsp3) is 0.190. The SMILES string of the molecule is Fc1ncccc1C1N=c2ccccc2=C2CCCC=NNc3[nH]cc1c32. The quantitative estimate of drug-likeness (QED) is 0.656. The van der Waals surface area contributed by atoms with Crippen LogP contribution in [0.1, 0.15) is 42.0 Å². The van der Waals surface area contributed by atoms with E-state index in [9.17, 15) is 4.39 Å². The van der Waals surface area contributed by atoms with Gasteiger partial charge < -0.3 is 4.98 Å². The Morgan fingerprint density at radius 1 is 1.07 bits per heavy atom. The fourth-order valence-corrected chi connectivity index (χ4v) is 3.90. The van der Waals surface area contributed by atoms with E-state index in [1.165, 1.54) is 11.8 Å². The van der Waals surface area contributed by atoms with E-state index in [0.717, 1.165) is 46.8 Å². The molecule has 0 saturated carbocycles. The molecule has 1 atom stereocenters. The number of H-pyrrole nitrogens is 1. The molecule has 0 spiro atoms. The number of aromatic nitrogens is 2. The Morgan fingerprint density at radius 2 is 2.00 bits per heavy atom. The van der Waals surface area contributed by atoms with Crippen LogP contribution in [0.3, 0.4) is 0 Å². The largest absolute Gasteiger partial charge is 0.346 e. The highest BCUT2D eigenvalue weighted by Crippen LogP contribution is 2.38. The molecule has 1 aromatic carbocycles. The average molecular weight is 359 g/mol. The molecule has 0 saturated heterocycles. The first-order valence-corrected chi connectivity index (χ1v) is 9.08. The first-order chi connectivity index (χ1) is 13.3. The van der Waals surface area contributed by atoms with Gasteiger partial charge in [-0.05, 0) is 37.0 Å². The van der Waals surface area contributed by atoms with Crippen molar-refractivity contribution in [2.75, 3.05) is 5.43 Å². The molecule has 3 aromatic rings. The van der Waals surface area contributed by atoms with Crippen LogP contribution in [0.2, 0.25) is 0 Å². The summed E-state index contributed by atoms with van der Waals surface area (Å²) >= 11 is 0. The van der Waals surface area contributed by atoms with Gasteiger partial charge in [0.15, 0.2) is 0 Å². The van der Waals surface area contributed by atoms with Gasteiger partial charge in [-0.1, -0.05) is 24.3 Å². The van der Waals surface area contributed by atoms with Crippen LogP contribution in [-0.2, 0) is 0 Å². The van der Waals surface area contributed by atoms with Crippen LogP contribution in [0.25, 0.3) is 5.57 Å². The molecule has 2 N–H and O–H groups in total. The maximum Gasteiger partial charge on any atom is 0.218 e. The van der Waals surface area contributed by atoms with E-state index >= 15 is 0 Å². The Labute approximate surface area is 155 Å². The Hall–Kier alpha value is -3.28. The highest BCUT2D eigenvalue weighted by molar-refractivity contribution is 5.79. The Balaban J connectivity index is 1.86. The third kappa shape index (κ3) is 2.65. The lowest BCUT2D eigenvalue weighted by atomic mass is 9.92. The first kappa shape index (κ1) is 15.9. The predicted molar refractivity (Wildman–Crippen MR) is 103 cm³/mol. The molecule has 134 valence electrons.